The van der Waals surface area contributed by atoms with E-state index in [4.69, 9.17) is 0 Å². The average Bonchev–Trinajstić information content (AvgIpc) is 3.06. The van der Waals surface area contributed by atoms with Gasteiger partial charge in [-0.05, 0) is 30.2 Å². The van der Waals surface area contributed by atoms with Crippen molar-refractivity contribution in [2.45, 2.75) is 37.6 Å². The number of sulfonamides is 1. The second-order valence-corrected chi connectivity index (χ2v) is 9.69. The molecule has 0 saturated carbocycles. The average molecular weight is 434 g/mol. The molecule has 0 aliphatic carbocycles. The second kappa shape index (κ2) is 9.60. The van der Waals surface area contributed by atoms with Crippen molar-refractivity contribution < 1.29 is 13.2 Å². The molecule has 2 aliphatic heterocycles. The molecule has 1 amide bonds. The van der Waals surface area contributed by atoms with E-state index >= 15 is 0 Å². The molecule has 1 saturated heterocycles. The Morgan fingerprint density at radius 2 is 2.07 bits per heavy atom. The molecule has 1 N–H and O–H groups in total. The molecule has 1 fully saturated rings. The van der Waals surface area contributed by atoms with Crippen molar-refractivity contribution in [3.63, 3.8) is 0 Å². The molecule has 152 valence electrons. The third-order valence-corrected chi connectivity index (χ3v) is 8.19. The summed E-state index contributed by atoms with van der Waals surface area (Å²) in [6.07, 6.45) is 1.20. The second-order valence-electron chi connectivity index (χ2n) is 6.61. The predicted molar refractivity (Wildman–Crippen MR) is 114 cm³/mol. The molecule has 0 bridgehead atoms. The lowest BCUT2D eigenvalue weighted by Crippen LogP contribution is -2.42. The monoisotopic (exact) mass is 433 g/mol. The maximum Gasteiger partial charge on any atom is 0.243 e. The van der Waals surface area contributed by atoms with E-state index < -0.39 is 10.0 Å². The summed E-state index contributed by atoms with van der Waals surface area (Å²) in [7, 11) is -3.47. The fraction of sp³-hybridized carbons (Fsp3) is 0.611. The summed E-state index contributed by atoms with van der Waals surface area (Å²) in [6.45, 7) is 6.16. The number of anilines is 1. The van der Waals surface area contributed by atoms with E-state index in [0.29, 0.717) is 37.4 Å². The highest BCUT2D eigenvalue weighted by Gasteiger charge is 2.29. The van der Waals surface area contributed by atoms with Crippen LogP contribution in [0.4, 0.5) is 5.69 Å². The number of nitrogens with one attached hydrogen (secondary N) is 1. The smallest absolute Gasteiger partial charge is 0.243 e. The van der Waals surface area contributed by atoms with Crippen LogP contribution in [-0.2, 0) is 21.2 Å². The Labute approximate surface area is 172 Å². The molecule has 6 nitrogen and oxygen atoms in total. The molecule has 1 unspecified atom stereocenters. The maximum absolute atomic E-state index is 12.7. The van der Waals surface area contributed by atoms with E-state index in [0.717, 1.165) is 29.3 Å². The van der Waals surface area contributed by atoms with Gasteiger partial charge in [-0.3, -0.25) is 4.79 Å². The predicted octanol–water partition coefficient (Wildman–Crippen LogP) is 2.12. The molecule has 0 radical (unpaired) electrons. The number of halogens is 1. The Morgan fingerprint density at radius 3 is 2.70 bits per heavy atom. The summed E-state index contributed by atoms with van der Waals surface area (Å²) in [5, 5.41) is 3.40. The minimum Gasteiger partial charge on any atom is -0.312 e. The quantitative estimate of drug-likeness (QED) is 0.744. The van der Waals surface area contributed by atoms with Gasteiger partial charge in [0, 0.05) is 55.8 Å². The Bertz CT molecular complexity index is 763. The molecule has 1 aromatic rings. The molecule has 0 spiro atoms. The highest BCUT2D eigenvalue weighted by Crippen LogP contribution is 2.32. The molecule has 3 rings (SSSR count). The number of carbonyl (C=O) groups excluding carboxylic acids is 1. The van der Waals surface area contributed by atoms with Crippen molar-refractivity contribution in [2.24, 2.45) is 0 Å². The number of amides is 1. The van der Waals surface area contributed by atoms with Gasteiger partial charge in [-0.15, -0.1) is 12.4 Å². The van der Waals surface area contributed by atoms with Crippen molar-refractivity contribution >= 4 is 45.8 Å². The van der Waals surface area contributed by atoms with Gasteiger partial charge in [0.2, 0.25) is 15.9 Å². The van der Waals surface area contributed by atoms with E-state index in [1.54, 1.807) is 18.2 Å². The Morgan fingerprint density at radius 1 is 1.33 bits per heavy atom. The van der Waals surface area contributed by atoms with Crippen LogP contribution in [-0.4, -0.2) is 62.4 Å². The first-order valence-corrected chi connectivity index (χ1v) is 11.8. The molecule has 0 aromatic heterocycles. The van der Waals surface area contributed by atoms with Gasteiger partial charge in [-0.2, -0.15) is 16.1 Å². The van der Waals surface area contributed by atoms with Gasteiger partial charge in [0.25, 0.3) is 0 Å². The summed E-state index contributed by atoms with van der Waals surface area (Å²) < 4.78 is 26.9. The van der Waals surface area contributed by atoms with Gasteiger partial charge in [-0.25, -0.2) is 8.42 Å². The number of hydrogen-bond donors (Lipinski definition) is 1. The Kier molecular flexibility index (Phi) is 8.00. The number of benzene rings is 1. The number of thioether (sulfide) groups is 1. The topological polar surface area (TPSA) is 69.7 Å². The first-order chi connectivity index (χ1) is 12.5. The first kappa shape index (κ1) is 22.5. The van der Waals surface area contributed by atoms with Crippen LogP contribution in [0.2, 0.25) is 0 Å². The van der Waals surface area contributed by atoms with E-state index in [1.807, 2.05) is 30.5 Å². The zero-order chi connectivity index (χ0) is 18.7. The summed E-state index contributed by atoms with van der Waals surface area (Å²) in [5.41, 5.74) is 1.80. The number of nitrogens with zero attached hydrogens (tertiary/aromatic N) is 2. The first-order valence-electron chi connectivity index (χ1n) is 9.22. The third kappa shape index (κ3) is 4.79. The lowest BCUT2D eigenvalue weighted by atomic mass is 10.1. The van der Waals surface area contributed by atoms with Crippen molar-refractivity contribution in [1.29, 1.82) is 0 Å². The minimum atomic E-state index is -3.47. The number of carbonyl (C=O) groups is 1. The number of hydrogen-bond acceptors (Lipinski definition) is 5. The third-order valence-electron chi connectivity index (χ3n) is 5.01. The van der Waals surface area contributed by atoms with Crippen molar-refractivity contribution in [2.75, 3.05) is 42.6 Å². The van der Waals surface area contributed by atoms with Gasteiger partial charge < -0.3 is 10.2 Å². The van der Waals surface area contributed by atoms with Crippen LogP contribution in [0.1, 0.15) is 25.8 Å². The van der Waals surface area contributed by atoms with Crippen molar-refractivity contribution in [3.8, 4) is 0 Å². The fourth-order valence-electron chi connectivity index (χ4n) is 3.58. The van der Waals surface area contributed by atoms with Crippen LogP contribution < -0.4 is 10.2 Å². The van der Waals surface area contributed by atoms with Crippen LogP contribution in [0.3, 0.4) is 0 Å². The normalized spacial score (nSPS) is 19.7. The largest absolute Gasteiger partial charge is 0.312 e. The summed E-state index contributed by atoms with van der Waals surface area (Å²) in [4.78, 5) is 14.8. The summed E-state index contributed by atoms with van der Waals surface area (Å²) >= 11 is 1.88. The SMILES string of the molecule is CCN(CC)S(=O)(=O)c1ccc2c(c1)CCN2C(=O)CC1CSCCN1.Cl. The maximum atomic E-state index is 12.7. The number of fused-ring (bicyclic) bond motifs is 1. The lowest BCUT2D eigenvalue weighted by molar-refractivity contribution is -0.118. The zero-order valence-corrected chi connectivity index (χ0v) is 18.3. The Balaban J connectivity index is 0.00000261. The van der Waals surface area contributed by atoms with Gasteiger partial charge >= 0.3 is 0 Å². The van der Waals surface area contributed by atoms with Gasteiger partial charge in [0.1, 0.15) is 0 Å². The number of rotatable bonds is 6. The molecule has 1 atom stereocenters. The standard InChI is InChI=1S/C18H27N3O3S2.ClH/c1-3-20(4-2)26(23,24)16-5-6-17-14(11-16)7-9-21(17)18(22)12-15-13-25-10-8-19-15;/h5-6,11,15,19H,3-4,7-10,12-13H2,1-2H3;1H. The van der Waals surface area contributed by atoms with Crippen LogP contribution in [0.15, 0.2) is 23.1 Å². The van der Waals surface area contributed by atoms with Crippen LogP contribution >= 0.6 is 24.2 Å². The lowest BCUT2D eigenvalue weighted by Gasteiger charge is -2.25. The fourth-order valence-corrected chi connectivity index (χ4v) is 6.04. The van der Waals surface area contributed by atoms with Crippen LogP contribution in [0.5, 0.6) is 0 Å². The van der Waals surface area contributed by atoms with E-state index in [2.05, 4.69) is 5.32 Å². The molecule has 2 heterocycles. The van der Waals surface area contributed by atoms with Crippen LogP contribution in [0.25, 0.3) is 0 Å². The van der Waals surface area contributed by atoms with Gasteiger partial charge in [0.05, 0.1) is 4.90 Å². The summed E-state index contributed by atoms with van der Waals surface area (Å²) in [5.74, 6) is 2.18. The molecule has 1 aromatic carbocycles. The highest BCUT2D eigenvalue weighted by atomic mass is 35.5. The van der Waals surface area contributed by atoms with Crippen molar-refractivity contribution in [1.82, 2.24) is 9.62 Å². The van der Waals surface area contributed by atoms with E-state index in [1.165, 1.54) is 4.31 Å². The Hall–Kier alpha value is -0.800. The van der Waals surface area contributed by atoms with Gasteiger partial charge in [0.15, 0.2) is 0 Å². The van der Waals surface area contributed by atoms with E-state index in [9.17, 15) is 13.2 Å². The molecule has 9 heteroatoms. The van der Waals surface area contributed by atoms with E-state index in [-0.39, 0.29) is 24.4 Å². The van der Waals surface area contributed by atoms with Gasteiger partial charge in [-0.1, -0.05) is 13.8 Å². The molecule has 2 aliphatic rings. The van der Waals surface area contributed by atoms with Crippen LogP contribution in [0, 0.1) is 0 Å². The molecule has 27 heavy (non-hydrogen) atoms. The van der Waals surface area contributed by atoms with Crippen molar-refractivity contribution in [3.05, 3.63) is 23.8 Å². The zero-order valence-electron chi connectivity index (χ0n) is 15.8. The summed E-state index contributed by atoms with van der Waals surface area (Å²) in [6, 6.07) is 5.39. The molecular formula is C18H28ClN3O3S2. The minimum absolute atomic E-state index is 0. The highest BCUT2D eigenvalue weighted by molar-refractivity contribution is 7.99. The molecular weight excluding hydrogens is 406 g/mol.